The van der Waals surface area contributed by atoms with E-state index in [1.54, 1.807) is 30.2 Å². The van der Waals surface area contributed by atoms with Crippen LogP contribution in [0.1, 0.15) is 35.2 Å². The quantitative estimate of drug-likeness (QED) is 0.406. The molecule has 1 amide bonds. The number of carbonyl (C=O) groups is 1. The first kappa shape index (κ1) is 23.2. The van der Waals surface area contributed by atoms with Crippen LogP contribution in [0, 0.1) is 0 Å². The van der Waals surface area contributed by atoms with Crippen LogP contribution in [0.3, 0.4) is 0 Å². The molecular formula is C27H26F2N6O2. The monoisotopic (exact) mass is 504 g/mol. The van der Waals surface area contributed by atoms with E-state index in [9.17, 15) is 18.7 Å². The molecule has 0 radical (unpaired) electrons. The fourth-order valence-electron chi connectivity index (χ4n) is 5.42. The number of hydrogen-bond donors (Lipinski definition) is 1. The van der Waals surface area contributed by atoms with Crippen LogP contribution in [0.5, 0.6) is 0 Å². The van der Waals surface area contributed by atoms with Gasteiger partial charge in [-0.25, -0.2) is 18.3 Å². The molecule has 2 aliphatic heterocycles. The van der Waals surface area contributed by atoms with Crippen molar-refractivity contribution in [1.29, 1.82) is 0 Å². The molecule has 4 aromatic rings. The first-order chi connectivity index (χ1) is 17.9. The Morgan fingerprint density at radius 1 is 1.11 bits per heavy atom. The van der Waals surface area contributed by atoms with Gasteiger partial charge >= 0.3 is 6.09 Å². The first-order valence-corrected chi connectivity index (χ1v) is 12.3. The summed E-state index contributed by atoms with van der Waals surface area (Å²) in [7, 11) is 1.76. The summed E-state index contributed by atoms with van der Waals surface area (Å²) in [4.78, 5) is 15.2. The van der Waals surface area contributed by atoms with Crippen molar-refractivity contribution in [2.24, 2.45) is 7.05 Å². The van der Waals surface area contributed by atoms with Gasteiger partial charge in [0.2, 0.25) is 0 Å². The van der Waals surface area contributed by atoms with E-state index in [2.05, 4.69) is 5.10 Å². The lowest BCUT2D eigenvalue weighted by molar-refractivity contribution is 0.139. The van der Waals surface area contributed by atoms with Crippen LogP contribution < -0.4 is 4.90 Å². The van der Waals surface area contributed by atoms with Gasteiger partial charge in [0.05, 0.1) is 24.1 Å². The van der Waals surface area contributed by atoms with Crippen molar-refractivity contribution in [1.82, 2.24) is 24.5 Å². The molecule has 4 heterocycles. The third-order valence-electron chi connectivity index (χ3n) is 7.18. The number of aromatic nitrogens is 4. The van der Waals surface area contributed by atoms with Gasteiger partial charge in [-0.2, -0.15) is 5.10 Å². The molecule has 1 N–H and O–H groups in total. The highest BCUT2D eigenvalue weighted by Gasteiger charge is 2.33. The molecule has 0 spiro atoms. The molecule has 37 heavy (non-hydrogen) atoms. The lowest BCUT2D eigenvalue weighted by Gasteiger charge is -2.33. The molecule has 0 fully saturated rings. The number of carboxylic acid groups (broad SMARTS) is 1. The van der Waals surface area contributed by atoms with Crippen molar-refractivity contribution in [3.8, 4) is 16.8 Å². The maximum absolute atomic E-state index is 14.3. The van der Waals surface area contributed by atoms with Crippen molar-refractivity contribution in [2.45, 2.75) is 32.2 Å². The third-order valence-corrected chi connectivity index (χ3v) is 7.18. The average molecular weight is 505 g/mol. The Balaban J connectivity index is 1.51. The van der Waals surface area contributed by atoms with Crippen LogP contribution in [0.4, 0.5) is 25.1 Å². The fourth-order valence-corrected chi connectivity index (χ4v) is 5.42. The van der Waals surface area contributed by atoms with Crippen LogP contribution in [0.2, 0.25) is 0 Å². The van der Waals surface area contributed by atoms with Crippen LogP contribution in [0.15, 0.2) is 54.9 Å². The van der Waals surface area contributed by atoms with Gasteiger partial charge in [0.15, 0.2) is 5.82 Å². The van der Waals surface area contributed by atoms with Crippen LogP contribution in [-0.2, 0) is 26.4 Å². The first-order valence-electron chi connectivity index (χ1n) is 12.3. The molecule has 0 saturated heterocycles. The van der Waals surface area contributed by atoms with Gasteiger partial charge in [0, 0.05) is 55.1 Å². The zero-order valence-electron chi connectivity index (χ0n) is 20.3. The molecule has 0 saturated carbocycles. The van der Waals surface area contributed by atoms with Gasteiger partial charge in [-0.05, 0) is 48.2 Å². The number of para-hydroxylation sites is 1. The number of anilines is 2. The van der Waals surface area contributed by atoms with Crippen molar-refractivity contribution in [3.05, 3.63) is 77.2 Å². The summed E-state index contributed by atoms with van der Waals surface area (Å²) < 4.78 is 32.1. The zero-order chi connectivity index (χ0) is 25.7. The normalized spacial score (nSPS) is 15.1. The summed E-state index contributed by atoms with van der Waals surface area (Å²) in [6.45, 7) is 1.18. The lowest BCUT2D eigenvalue weighted by Crippen LogP contribution is -2.36. The molecule has 0 atom stereocenters. The Morgan fingerprint density at radius 2 is 1.92 bits per heavy atom. The number of nitrogens with zero attached hydrogens (tertiary/aromatic N) is 6. The maximum atomic E-state index is 14.3. The van der Waals surface area contributed by atoms with Gasteiger partial charge in [0.25, 0.3) is 6.43 Å². The van der Waals surface area contributed by atoms with E-state index >= 15 is 0 Å². The van der Waals surface area contributed by atoms with Crippen molar-refractivity contribution < 1.29 is 18.7 Å². The third kappa shape index (κ3) is 4.02. The number of aryl methyl sites for hydroxylation is 2. The van der Waals surface area contributed by atoms with Crippen LogP contribution >= 0.6 is 0 Å². The second kappa shape index (κ2) is 9.02. The molecule has 8 nitrogen and oxygen atoms in total. The fraction of sp³-hybridized carbons (Fsp3) is 0.296. The summed E-state index contributed by atoms with van der Waals surface area (Å²) in [6, 6.07) is 13.1. The van der Waals surface area contributed by atoms with E-state index in [4.69, 9.17) is 5.10 Å². The highest BCUT2D eigenvalue weighted by molar-refractivity contribution is 5.77. The van der Waals surface area contributed by atoms with E-state index in [1.165, 1.54) is 4.90 Å². The van der Waals surface area contributed by atoms with E-state index in [0.29, 0.717) is 42.1 Å². The molecule has 10 heteroatoms. The summed E-state index contributed by atoms with van der Waals surface area (Å²) in [6.07, 6.45) is 1.80. The molecule has 2 aromatic heterocycles. The van der Waals surface area contributed by atoms with Crippen LogP contribution in [-0.4, -0.2) is 48.8 Å². The van der Waals surface area contributed by atoms with E-state index in [1.807, 2.05) is 46.0 Å². The predicted molar refractivity (Wildman–Crippen MR) is 135 cm³/mol. The Hall–Kier alpha value is -4.21. The van der Waals surface area contributed by atoms with Gasteiger partial charge in [0.1, 0.15) is 0 Å². The minimum atomic E-state index is -2.66. The summed E-state index contributed by atoms with van der Waals surface area (Å²) >= 11 is 0. The van der Waals surface area contributed by atoms with Gasteiger partial charge in [-0.3, -0.25) is 4.68 Å². The molecule has 190 valence electrons. The lowest BCUT2D eigenvalue weighted by atomic mass is 9.92. The Labute approximate surface area is 212 Å². The molecule has 0 bridgehead atoms. The maximum Gasteiger partial charge on any atom is 0.407 e. The second-order valence-electron chi connectivity index (χ2n) is 9.48. The molecule has 0 unspecified atom stereocenters. The van der Waals surface area contributed by atoms with Gasteiger partial charge in [-0.1, -0.05) is 18.2 Å². The van der Waals surface area contributed by atoms with Crippen LogP contribution in [0.25, 0.3) is 16.8 Å². The predicted octanol–water partition coefficient (Wildman–Crippen LogP) is 5.33. The second-order valence-corrected chi connectivity index (χ2v) is 9.48. The van der Waals surface area contributed by atoms with Crippen molar-refractivity contribution in [3.63, 3.8) is 0 Å². The SMILES string of the molecule is Cn1cc(-c2cc3c(cc2C(F)F)N(c2nn(-c4ccccc4)c4c2CN(C(=O)O)CC4)CCC3)cn1. The number of fused-ring (bicyclic) bond motifs is 2. The average Bonchev–Trinajstić information content (AvgIpc) is 3.51. The Kier molecular flexibility index (Phi) is 5.66. The molecular weight excluding hydrogens is 478 g/mol. The summed E-state index contributed by atoms with van der Waals surface area (Å²) in [5.41, 5.74) is 5.39. The number of amides is 1. The topological polar surface area (TPSA) is 79.4 Å². The summed E-state index contributed by atoms with van der Waals surface area (Å²) in [5, 5.41) is 18.8. The number of alkyl halides is 2. The Morgan fingerprint density at radius 3 is 2.62 bits per heavy atom. The van der Waals surface area contributed by atoms with E-state index in [0.717, 1.165) is 35.3 Å². The van der Waals surface area contributed by atoms with Gasteiger partial charge < -0.3 is 14.9 Å². The largest absolute Gasteiger partial charge is 0.465 e. The van der Waals surface area contributed by atoms with E-state index in [-0.39, 0.29) is 12.1 Å². The molecule has 0 aliphatic carbocycles. The van der Waals surface area contributed by atoms with Crippen molar-refractivity contribution in [2.75, 3.05) is 18.0 Å². The highest BCUT2D eigenvalue weighted by Crippen LogP contribution is 2.43. The number of hydrogen-bond acceptors (Lipinski definition) is 4. The molecule has 2 aliphatic rings. The van der Waals surface area contributed by atoms with Gasteiger partial charge in [-0.15, -0.1) is 5.10 Å². The number of halogens is 2. The number of benzene rings is 2. The smallest absolute Gasteiger partial charge is 0.407 e. The standard InChI is InChI=1S/C27H26F2N6O2/c1-32-15-18(14-30-32)20-12-17-6-5-10-34(24(17)13-21(20)25(28)29)26-22-16-33(27(36)37)11-9-23(22)35(31-26)19-7-3-2-4-8-19/h2-4,7-8,12-15,25H,5-6,9-11,16H2,1H3,(H,36,37). The number of rotatable bonds is 4. The van der Waals surface area contributed by atoms with Crippen molar-refractivity contribution >= 4 is 17.6 Å². The Bertz CT molecular complexity index is 1480. The zero-order valence-corrected chi connectivity index (χ0v) is 20.3. The highest BCUT2D eigenvalue weighted by atomic mass is 19.3. The molecule has 2 aromatic carbocycles. The molecule has 6 rings (SSSR count). The summed E-state index contributed by atoms with van der Waals surface area (Å²) in [5.74, 6) is 0.625. The minimum absolute atomic E-state index is 0.0535. The minimum Gasteiger partial charge on any atom is -0.465 e. The van der Waals surface area contributed by atoms with E-state index < -0.39 is 12.5 Å².